The summed E-state index contributed by atoms with van der Waals surface area (Å²) >= 11 is 0. The van der Waals surface area contributed by atoms with Gasteiger partial charge < -0.3 is 14.9 Å². The van der Waals surface area contributed by atoms with Crippen molar-refractivity contribution in [2.45, 2.75) is 20.3 Å². The average molecular weight is 254 g/mol. The second-order valence-corrected chi connectivity index (χ2v) is 4.84. The first kappa shape index (κ1) is 14.5. The Hall–Kier alpha value is -1.52. The molecular weight excluding hydrogens is 232 g/mol. The van der Waals surface area contributed by atoms with Gasteiger partial charge in [0.15, 0.2) is 0 Å². The van der Waals surface area contributed by atoms with Crippen molar-refractivity contribution in [3.63, 3.8) is 0 Å². The number of rotatable bonds is 5. The summed E-state index contributed by atoms with van der Waals surface area (Å²) in [6, 6.07) is -0.0765. The van der Waals surface area contributed by atoms with Crippen LogP contribution in [0.15, 0.2) is 12.7 Å². The monoisotopic (exact) mass is 254 g/mol. The molecule has 0 aromatic heterocycles. The van der Waals surface area contributed by atoms with E-state index in [1.54, 1.807) is 15.9 Å². The average Bonchev–Trinajstić information content (AvgIpc) is 2.70. The van der Waals surface area contributed by atoms with Crippen LogP contribution in [0.3, 0.4) is 0 Å². The van der Waals surface area contributed by atoms with Crippen LogP contribution >= 0.6 is 0 Å². The third-order valence-corrected chi connectivity index (χ3v) is 3.31. The van der Waals surface area contributed by atoms with Gasteiger partial charge in [0.1, 0.15) is 0 Å². The van der Waals surface area contributed by atoms with Gasteiger partial charge in [0.05, 0.1) is 5.92 Å². The van der Waals surface area contributed by atoms with Gasteiger partial charge in [-0.1, -0.05) is 19.9 Å². The first-order valence-corrected chi connectivity index (χ1v) is 6.38. The van der Waals surface area contributed by atoms with Crippen molar-refractivity contribution >= 4 is 12.0 Å². The van der Waals surface area contributed by atoms with Crippen LogP contribution < -0.4 is 0 Å². The van der Waals surface area contributed by atoms with Gasteiger partial charge in [0.25, 0.3) is 0 Å². The molecule has 0 radical (unpaired) electrons. The number of hydrogen-bond acceptors (Lipinski definition) is 2. The van der Waals surface area contributed by atoms with Gasteiger partial charge in [0.2, 0.25) is 0 Å². The molecule has 102 valence electrons. The number of likely N-dealkylation sites (tertiary alicyclic amines) is 1. The van der Waals surface area contributed by atoms with Crippen molar-refractivity contribution in [1.29, 1.82) is 0 Å². The lowest BCUT2D eigenvalue weighted by Gasteiger charge is -2.26. The van der Waals surface area contributed by atoms with Crippen LogP contribution in [0.5, 0.6) is 0 Å². The fraction of sp³-hybridized carbons (Fsp3) is 0.692. The van der Waals surface area contributed by atoms with Crippen LogP contribution in [0.1, 0.15) is 20.3 Å². The van der Waals surface area contributed by atoms with E-state index in [1.807, 2.05) is 13.8 Å². The van der Waals surface area contributed by atoms with E-state index in [0.717, 1.165) is 6.42 Å². The van der Waals surface area contributed by atoms with Gasteiger partial charge in [-0.2, -0.15) is 0 Å². The molecule has 0 aromatic carbocycles. The number of carboxylic acids is 1. The number of amides is 2. The van der Waals surface area contributed by atoms with Crippen LogP contribution in [0, 0.1) is 11.8 Å². The molecule has 2 unspecified atom stereocenters. The molecule has 2 atom stereocenters. The number of urea groups is 1. The van der Waals surface area contributed by atoms with Gasteiger partial charge in [-0.3, -0.25) is 4.79 Å². The molecular formula is C13H22N2O3. The Labute approximate surface area is 108 Å². The Kier molecular flexibility index (Phi) is 5.19. The van der Waals surface area contributed by atoms with Gasteiger partial charge >= 0.3 is 12.0 Å². The quantitative estimate of drug-likeness (QED) is 0.759. The van der Waals surface area contributed by atoms with Crippen molar-refractivity contribution in [3.05, 3.63) is 12.7 Å². The van der Waals surface area contributed by atoms with Gasteiger partial charge in [0, 0.05) is 26.2 Å². The molecule has 1 rings (SSSR count). The van der Waals surface area contributed by atoms with Gasteiger partial charge in [-0.15, -0.1) is 6.58 Å². The molecule has 18 heavy (non-hydrogen) atoms. The second kappa shape index (κ2) is 6.42. The third-order valence-electron chi connectivity index (χ3n) is 3.31. The summed E-state index contributed by atoms with van der Waals surface area (Å²) in [5.74, 6) is -1.25. The molecule has 0 aromatic rings. The summed E-state index contributed by atoms with van der Waals surface area (Å²) in [7, 11) is 0. The van der Waals surface area contributed by atoms with E-state index >= 15 is 0 Å². The molecule has 1 aliphatic heterocycles. The zero-order valence-electron chi connectivity index (χ0n) is 11.1. The van der Waals surface area contributed by atoms with Crippen molar-refractivity contribution in [2.75, 3.05) is 26.2 Å². The van der Waals surface area contributed by atoms with E-state index in [0.29, 0.717) is 26.2 Å². The lowest BCUT2D eigenvalue weighted by molar-refractivity contribution is -0.142. The number of carbonyl (C=O) groups is 2. The molecule has 5 nitrogen and oxygen atoms in total. The molecule has 1 saturated heterocycles. The van der Waals surface area contributed by atoms with E-state index in [-0.39, 0.29) is 11.9 Å². The summed E-state index contributed by atoms with van der Waals surface area (Å²) in [5.41, 5.74) is 0. The number of aliphatic carboxylic acids is 1. The number of hydrogen-bond donors (Lipinski definition) is 1. The predicted molar refractivity (Wildman–Crippen MR) is 69.3 cm³/mol. The maximum Gasteiger partial charge on any atom is 0.320 e. The summed E-state index contributed by atoms with van der Waals surface area (Å²) in [6.07, 6.45) is 2.58. The van der Waals surface area contributed by atoms with Crippen LogP contribution in [0.2, 0.25) is 0 Å². The maximum atomic E-state index is 12.3. The molecule has 1 heterocycles. The Morgan fingerprint density at radius 3 is 2.61 bits per heavy atom. The van der Waals surface area contributed by atoms with Crippen LogP contribution in [-0.4, -0.2) is 53.1 Å². The predicted octanol–water partition coefficient (Wildman–Crippen LogP) is 1.66. The second-order valence-electron chi connectivity index (χ2n) is 4.84. The van der Waals surface area contributed by atoms with Crippen LogP contribution in [0.25, 0.3) is 0 Å². The lowest BCUT2D eigenvalue weighted by Crippen LogP contribution is -2.43. The molecule has 0 saturated carbocycles. The Morgan fingerprint density at radius 1 is 1.50 bits per heavy atom. The van der Waals surface area contributed by atoms with Crippen LogP contribution in [0.4, 0.5) is 4.79 Å². The van der Waals surface area contributed by atoms with Crippen molar-refractivity contribution in [2.24, 2.45) is 11.8 Å². The number of carbonyl (C=O) groups excluding carboxylic acids is 1. The fourth-order valence-corrected chi connectivity index (χ4v) is 2.34. The highest BCUT2D eigenvalue weighted by Crippen LogP contribution is 2.24. The summed E-state index contributed by atoms with van der Waals surface area (Å²) in [4.78, 5) is 26.6. The minimum Gasteiger partial charge on any atom is -0.481 e. The van der Waals surface area contributed by atoms with E-state index in [4.69, 9.17) is 5.11 Å². The summed E-state index contributed by atoms with van der Waals surface area (Å²) in [6.45, 7) is 9.55. The minimum atomic E-state index is -0.816. The first-order chi connectivity index (χ1) is 8.51. The highest BCUT2D eigenvalue weighted by atomic mass is 16.4. The molecule has 2 amide bonds. The summed E-state index contributed by atoms with van der Waals surface area (Å²) in [5, 5.41) is 9.06. The molecule has 0 spiro atoms. The maximum absolute atomic E-state index is 12.3. The molecule has 1 N–H and O–H groups in total. The van der Waals surface area contributed by atoms with Crippen molar-refractivity contribution in [1.82, 2.24) is 9.80 Å². The highest BCUT2D eigenvalue weighted by Gasteiger charge is 2.38. The van der Waals surface area contributed by atoms with E-state index in [2.05, 4.69) is 6.58 Å². The Balaban J connectivity index is 2.66. The highest BCUT2D eigenvalue weighted by molar-refractivity contribution is 5.77. The van der Waals surface area contributed by atoms with Gasteiger partial charge in [-0.05, 0) is 12.3 Å². The Bertz CT molecular complexity index is 330. The third kappa shape index (κ3) is 3.24. The smallest absolute Gasteiger partial charge is 0.320 e. The molecule has 0 bridgehead atoms. The Morgan fingerprint density at radius 2 is 2.17 bits per heavy atom. The molecule has 5 heteroatoms. The van der Waals surface area contributed by atoms with Crippen molar-refractivity contribution < 1.29 is 14.7 Å². The largest absolute Gasteiger partial charge is 0.481 e. The zero-order chi connectivity index (χ0) is 13.7. The molecule has 0 aliphatic carbocycles. The minimum absolute atomic E-state index is 0.0126. The first-order valence-electron chi connectivity index (χ1n) is 6.38. The molecule has 1 aliphatic rings. The number of nitrogens with zero attached hydrogens (tertiary/aromatic N) is 2. The standard InChI is InChI=1S/C13H22N2O3/c1-4-6-14(7-5-2)13(18)15-8-10(3)11(9-15)12(16)17/h4,10-11H,1,5-9H2,2-3H3,(H,16,17). The van der Waals surface area contributed by atoms with E-state index < -0.39 is 11.9 Å². The SMILES string of the molecule is C=CCN(CCC)C(=O)N1CC(C)C(C(=O)O)C1. The number of carboxylic acid groups (broad SMARTS) is 1. The van der Waals surface area contributed by atoms with Crippen molar-refractivity contribution in [3.8, 4) is 0 Å². The fourth-order valence-electron chi connectivity index (χ4n) is 2.34. The van der Waals surface area contributed by atoms with E-state index in [9.17, 15) is 9.59 Å². The molecule has 1 fully saturated rings. The zero-order valence-corrected chi connectivity index (χ0v) is 11.1. The van der Waals surface area contributed by atoms with Gasteiger partial charge in [-0.25, -0.2) is 4.79 Å². The normalized spacial score (nSPS) is 22.9. The lowest BCUT2D eigenvalue weighted by atomic mass is 9.99. The van der Waals surface area contributed by atoms with E-state index in [1.165, 1.54) is 0 Å². The topological polar surface area (TPSA) is 60.9 Å². The summed E-state index contributed by atoms with van der Waals surface area (Å²) < 4.78 is 0. The van der Waals surface area contributed by atoms with Crippen LogP contribution in [-0.2, 0) is 4.79 Å².